The van der Waals surface area contributed by atoms with Crippen LogP contribution in [0, 0.1) is 5.92 Å². The highest BCUT2D eigenvalue weighted by atomic mass is 16.5. The van der Waals surface area contributed by atoms with Crippen LogP contribution in [-0.2, 0) is 4.74 Å². The van der Waals surface area contributed by atoms with Crippen molar-refractivity contribution in [3.8, 4) is 0 Å². The number of hydrogen-bond donors (Lipinski definition) is 1. The van der Waals surface area contributed by atoms with Crippen molar-refractivity contribution in [3.05, 3.63) is 0 Å². The molecule has 0 aromatic heterocycles. The second-order valence-electron chi connectivity index (χ2n) is 5.57. The minimum Gasteiger partial charge on any atom is -0.376 e. The van der Waals surface area contributed by atoms with E-state index in [1.54, 1.807) is 0 Å². The first-order valence-corrected chi connectivity index (χ1v) is 6.76. The van der Waals surface area contributed by atoms with Crippen LogP contribution in [0.25, 0.3) is 0 Å². The van der Waals surface area contributed by atoms with Gasteiger partial charge < -0.3 is 10.1 Å². The van der Waals surface area contributed by atoms with E-state index in [1.807, 2.05) is 0 Å². The highest BCUT2D eigenvalue weighted by Crippen LogP contribution is 2.32. The largest absolute Gasteiger partial charge is 0.376 e. The summed E-state index contributed by atoms with van der Waals surface area (Å²) in [5.74, 6) is 0.959. The molecule has 0 bridgehead atoms. The van der Waals surface area contributed by atoms with Crippen molar-refractivity contribution < 1.29 is 4.74 Å². The third-order valence-corrected chi connectivity index (χ3v) is 3.93. The Morgan fingerprint density at radius 1 is 1.38 bits per heavy atom. The summed E-state index contributed by atoms with van der Waals surface area (Å²) in [4.78, 5) is 2.54. The van der Waals surface area contributed by atoms with E-state index in [4.69, 9.17) is 4.74 Å². The molecule has 94 valence electrons. The third kappa shape index (κ3) is 3.44. The van der Waals surface area contributed by atoms with Gasteiger partial charge in [-0.05, 0) is 39.5 Å². The SMILES string of the molecule is CC1CN(CCNC(C)C2CC2)C(C)CO1. The number of ether oxygens (including phenoxy) is 1. The van der Waals surface area contributed by atoms with Gasteiger partial charge in [-0.1, -0.05) is 0 Å². The summed E-state index contributed by atoms with van der Waals surface area (Å²) < 4.78 is 5.63. The van der Waals surface area contributed by atoms with E-state index in [0.717, 1.165) is 32.2 Å². The summed E-state index contributed by atoms with van der Waals surface area (Å²) in [7, 11) is 0. The fourth-order valence-electron chi connectivity index (χ4n) is 2.48. The lowest BCUT2D eigenvalue weighted by Gasteiger charge is -2.37. The quantitative estimate of drug-likeness (QED) is 0.768. The second-order valence-corrected chi connectivity index (χ2v) is 5.57. The standard InChI is InChI=1S/C13H26N2O/c1-10-9-16-11(2)8-15(10)7-6-14-12(3)13-4-5-13/h10-14H,4-9H2,1-3H3. The molecule has 1 saturated carbocycles. The van der Waals surface area contributed by atoms with E-state index in [-0.39, 0.29) is 0 Å². The van der Waals surface area contributed by atoms with Crippen LogP contribution in [0.5, 0.6) is 0 Å². The molecule has 1 saturated heterocycles. The first kappa shape index (κ1) is 12.3. The van der Waals surface area contributed by atoms with E-state index in [1.165, 1.54) is 12.8 Å². The molecule has 3 heteroatoms. The Kier molecular flexibility index (Phi) is 4.22. The molecule has 0 aromatic carbocycles. The molecule has 0 amide bonds. The van der Waals surface area contributed by atoms with Crippen molar-refractivity contribution in [1.29, 1.82) is 0 Å². The Morgan fingerprint density at radius 3 is 2.81 bits per heavy atom. The van der Waals surface area contributed by atoms with Gasteiger partial charge in [-0.15, -0.1) is 0 Å². The maximum atomic E-state index is 5.63. The van der Waals surface area contributed by atoms with Gasteiger partial charge >= 0.3 is 0 Å². The van der Waals surface area contributed by atoms with Gasteiger partial charge in [0, 0.05) is 31.7 Å². The summed E-state index contributed by atoms with van der Waals surface area (Å²) in [6.07, 6.45) is 3.26. The molecule has 0 aromatic rings. The molecule has 16 heavy (non-hydrogen) atoms. The molecular formula is C13H26N2O. The molecule has 0 spiro atoms. The Labute approximate surface area is 99.5 Å². The average Bonchev–Trinajstić information content (AvgIpc) is 3.06. The molecule has 2 fully saturated rings. The summed E-state index contributed by atoms with van der Waals surface area (Å²) in [6.45, 7) is 11.0. The Hall–Kier alpha value is -0.120. The van der Waals surface area contributed by atoms with Gasteiger partial charge in [-0.2, -0.15) is 0 Å². The fraction of sp³-hybridized carbons (Fsp3) is 1.00. The number of morpholine rings is 1. The van der Waals surface area contributed by atoms with E-state index in [9.17, 15) is 0 Å². The minimum atomic E-state index is 0.400. The van der Waals surface area contributed by atoms with E-state index >= 15 is 0 Å². The third-order valence-electron chi connectivity index (χ3n) is 3.93. The van der Waals surface area contributed by atoms with E-state index < -0.39 is 0 Å². The lowest BCUT2D eigenvalue weighted by atomic mass is 10.2. The van der Waals surface area contributed by atoms with Crippen molar-refractivity contribution in [3.63, 3.8) is 0 Å². The number of nitrogens with one attached hydrogen (secondary N) is 1. The van der Waals surface area contributed by atoms with Crippen LogP contribution in [0.15, 0.2) is 0 Å². The zero-order valence-corrected chi connectivity index (χ0v) is 10.9. The Morgan fingerprint density at radius 2 is 2.12 bits per heavy atom. The highest BCUT2D eigenvalue weighted by Gasteiger charge is 2.28. The van der Waals surface area contributed by atoms with Gasteiger partial charge in [-0.25, -0.2) is 0 Å². The average molecular weight is 226 g/mol. The zero-order valence-electron chi connectivity index (χ0n) is 10.9. The molecule has 3 unspecified atom stereocenters. The molecule has 1 aliphatic carbocycles. The van der Waals surface area contributed by atoms with Crippen LogP contribution >= 0.6 is 0 Å². The van der Waals surface area contributed by atoms with Crippen LogP contribution in [0.1, 0.15) is 33.6 Å². The first-order valence-electron chi connectivity index (χ1n) is 6.76. The topological polar surface area (TPSA) is 24.5 Å². The maximum Gasteiger partial charge on any atom is 0.0674 e. The van der Waals surface area contributed by atoms with Crippen molar-refractivity contribution in [2.75, 3.05) is 26.2 Å². The molecule has 2 aliphatic rings. The molecule has 0 radical (unpaired) electrons. The van der Waals surface area contributed by atoms with Crippen LogP contribution in [-0.4, -0.2) is 49.3 Å². The minimum absolute atomic E-state index is 0.400. The molecule has 3 nitrogen and oxygen atoms in total. The van der Waals surface area contributed by atoms with Crippen LogP contribution in [0.3, 0.4) is 0 Å². The van der Waals surface area contributed by atoms with Gasteiger partial charge in [-0.3, -0.25) is 4.90 Å². The van der Waals surface area contributed by atoms with Crippen LogP contribution in [0.2, 0.25) is 0 Å². The van der Waals surface area contributed by atoms with Gasteiger partial charge in [0.15, 0.2) is 0 Å². The van der Waals surface area contributed by atoms with Crippen molar-refractivity contribution >= 4 is 0 Å². The van der Waals surface area contributed by atoms with Crippen molar-refractivity contribution in [2.24, 2.45) is 5.92 Å². The molecule has 1 aliphatic heterocycles. The van der Waals surface area contributed by atoms with Crippen molar-refractivity contribution in [2.45, 2.75) is 51.8 Å². The summed E-state index contributed by atoms with van der Waals surface area (Å²) in [5.41, 5.74) is 0. The van der Waals surface area contributed by atoms with E-state index in [2.05, 4.69) is 31.0 Å². The van der Waals surface area contributed by atoms with Gasteiger partial charge in [0.1, 0.15) is 0 Å². The van der Waals surface area contributed by atoms with Gasteiger partial charge in [0.05, 0.1) is 12.7 Å². The fourth-order valence-corrected chi connectivity index (χ4v) is 2.48. The molecule has 1 heterocycles. The molecule has 1 N–H and O–H groups in total. The molecular weight excluding hydrogens is 200 g/mol. The smallest absolute Gasteiger partial charge is 0.0674 e. The van der Waals surface area contributed by atoms with E-state index in [0.29, 0.717) is 18.2 Å². The lowest BCUT2D eigenvalue weighted by Crippen LogP contribution is -2.50. The normalized spacial score (nSPS) is 33.9. The van der Waals surface area contributed by atoms with Crippen molar-refractivity contribution in [1.82, 2.24) is 10.2 Å². The summed E-state index contributed by atoms with van der Waals surface area (Å²) in [6, 6.07) is 1.29. The van der Waals surface area contributed by atoms with Gasteiger partial charge in [0.2, 0.25) is 0 Å². The second kappa shape index (κ2) is 5.48. The molecule has 3 atom stereocenters. The predicted octanol–water partition coefficient (Wildman–Crippen LogP) is 1.48. The first-order chi connectivity index (χ1) is 7.66. The number of hydrogen-bond acceptors (Lipinski definition) is 3. The van der Waals surface area contributed by atoms with Gasteiger partial charge in [0.25, 0.3) is 0 Å². The summed E-state index contributed by atoms with van der Waals surface area (Å²) in [5, 5.41) is 3.64. The van der Waals surface area contributed by atoms with Crippen LogP contribution in [0.4, 0.5) is 0 Å². The lowest BCUT2D eigenvalue weighted by molar-refractivity contribution is -0.0487. The summed E-state index contributed by atoms with van der Waals surface area (Å²) >= 11 is 0. The monoisotopic (exact) mass is 226 g/mol. The number of rotatable bonds is 5. The predicted molar refractivity (Wildman–Crippen MR) is 66.6 cm³/mol. The number of nitrogens with zero attached hydrogens (tertiary/aromatic N) is 1. The maximum absolute atomic E-state index is 5.63. The highest BCUT2D eigenvalue weighted by molar-refractivity contribution is 4.84. The molecule has 2 rings (SSSR count). The Balaban J connectivity index is 1.63. The Bertz CT molecular complexity index is 218. The zero-order chi connectivity index (χ0) is 11.5. The van der Waals surface area contributed by atoms with Crippen LogP contribution < -0.4 is 5.32 Å².